The van der Waals surface area contributed by atoms with Crippen molar-refractivity contribution >= 4 is 12.0 Å². The Bertz CT molecular complexity index is 380. The van der Waals surface area contributed by atoms with E-state index in [0.717, 1.165) is 13.0 Å². The Morgan fingerprint density at radius 1 is 1.38 bits per heavy atom. The van der Waals surface area contributed by atoms with Gasteiger partial charge in [-0.25, -0.2) is 4.79 Å². The van der Waals surface area contributed by atoms with Crippen LogP contribution in [0.15, 0.2) is 0 Å². The minimum Gasteiger partial charge on any atom is -0.481 e. The molecule has 1 saturated heterocycles. The molecule has 1 heterocycles. The van der Waals surface area contributed by atoms with Gasteiger partial charge < -0.3 is 20.1 Å². The summed E-state index contributed by atoms with van der Waals surface area (Å²) in [6.45, 7) is 4.21. The van der Waals surface area contributed by atoms with Gasteiger partial charge in [-0.15, -0.1) is 0 Å². The summed E-state index contributed by atoms with van der Waals surface area (Å²) in [6.07, 6.45) is 5.53. The van der Waals surface area contributed by atoms with Crippen LogP contribution in [0.4, 0.5) is 4.79 Å². The van der Waals surface area contributed by atoms with E-state index in [1.807, 2.05) is 0 Å². The number of amides is 2. The second-order valence-electron chi connectivity index (χ2n) is 6.26. The van der Waals surface area contributed by atoms with Gasteiger partial charge in [0.05, 0.1) is 19.1 Å². The summed E-state index contributed by atoms with van der Waals surface area (Å²) in [5.41, 5.74) is 0.266. The fraction of sp³-hybridized carbons (Fsp3) is 0.867. The number of hydrogen-bond donors (Lipinski definition) is 2. The number of ether oxygens (including phenoxy) is 1. The molecule has 1 atom stereocenters. The normalized spacial score (nSPS) is 24.8. The number of carboxylic acid groups (broad SMARTS) is 1. The van der Waals surface area contributed by atoms with E-state index in [9.17, 15) is 9.59 Å². The van der Waals surface area contributed by atoms with Crippen LogP contribution in [0, 0.1) is 5.41 Å². The van der Waals surface area contributed by atoms with Crippen molar-refractivity contribution in [2.75, 3.05) is 26.2 Å². The van der Waals surface area contributed by atoms with Gasteiger partial charge in [-0.1, -0.05) is 19.8 Å². The zero-order valence-electron chi connectivity index (χ0n) is 12.8. The van der Waals surface area contributed by atoms with E-state index < -0.39 is 12.1 Å². The number of nitrogens with one attached hydrogen (secondary N) is 1. The van der Waals surface area contributed by atoms with Gasteiger partial charge in [-0.05, 0) is 24.7 Å². The molecule has 2 amide bonds. The lowest BCUT2D eigenvalue weighted by atomic mass is 9.83. The molecule has 1 aliphatic heterocycles. The molecular formula is C15H26N2O4. The summed E-state index contributed by atoms with van der Waals surface area (Å²) in [6, 6.07) is -0.0894. The molecule has 0 spiro atoms. The standard InChI is InChI=1S/C15H26N2O4/c1-2-15(5-3-4-6-15)11-16-14(20)17-7-8-21-12(10-17)9-13(18)19/h12H,2-11H2,1H3,(H,16,20)(H,18,19). The molecule has 0 bridgehead atoms. The highest BCUT2D eigenvalue weighted by Crippen LogP contribution is 2.40. The van der Waals surface area contributed by atoms with Crippen LogP contribution in [0.5, 0.6) is 0 Å². The Morgan fingerprint density at radius 3 is 2.71 bits per heavy atom. The smallest absolute Gasteiger partial charge is 0.317 e. The average molecular weight is 298 g/mol. The summed E-state index contributed by atoms with van der Waals surface area (Å²) >= 11 is 0. The minimum absolute atomic E-state index is 0.0529. The highest BCUT2D eigenvalue weighted by Gasteiger charge is 2.33. The molecule has 2 fully saturated rings. The molecule has 21 heavy (non-hydrogen) atoms. The van der Waals surface area contributed by atoms with Crippen molar-refractivity contribution in [1.82, 2.24) is 10.2 Å². The lowest BCUT2D eigenvalue weighted by Gasteiger charge is -2.34. The zero-order valence-corrected chi connectivity index (χ0v) is 12.8. The minimum atomic E-state index is -0.891. The molecule has 0 aromatic heterocycles. The van der Waals surface area contributed by atoms with Crippen LogP contribution in [-0.4, -0.2) is 54.4 Å². The van der Waals surface area contributed by atoms with Crippen LogP contribution in [0.3, 0.4) is 0 Å². The van der Waals surface area contributed by atoms with Crippen molar-refractivity contribution in [1.29, 1.82) is 0 Å². The van der Waals surface area contributed by atoms with Gasteiger partial charge >= 0.3 is 12.0 Å². The number of carboxylic acids is 1. The molecule has 120 valence electrons. The first-order chi connectivity index (χ1) is 10.0. The third-order valence-electron chi connectivity index (χ3n) is 4.86. The van der Waals surface area contributed by atoms with Crippen molar-refractivity contribution in [3.8, 4) is 0 Å². The van der Waals surface area contributed by atoms with Gasteiger partial charge in [0, 0.05) is 19.6 Å². The van der Waals surface area contributed by atoms with Gasteiger partial charge in [0.2, 0.25) is 0 Å². The number of hydrogen-bond acceptors (Lipinski definition) is 3. The summed E-state index contributed by atoms with van der Waals surface area (Å²) in [4.78, 5) is 24.7. The number of morpholine rings is 1. The van der Waals surface area contributed by atoms with Crippen LogP contribution in [0.1, 0.15) is 45.4 Å². The number of aliphatic carboxylic acids is 1. The molecular weight excluding hydrogens is 272 g/mol. The fourth-order valence-electron chi connectivity index (χ4n) is 3.38. The van der Waals surface area contributed by atoms with Crippen molar-refractivity contribution in [2.45, 2.75) is 51.6 Å². The topological polar surface area (TPSA) is 78.9 Å². The molecule has 0 aromatic carbocycles. The molecule has 1 aliphatic carbocycles. The Kier molecular flexibility index (Phi) is 5.45. The van der Waals surface area contributed by atoms with Crippen molar-refractivity contribution in [3.63, 3.8) is 0 Å². The van der Waals surface area contributed by atoms with Gasteiger partial charge in [-0.3, -0.25) is 4.79 Å². The quantitative estimate of drug-likeness (QED) is 0.812. The maximum atomic E-state index is 12.3. The van der Waals surface area contributed by atoms with Crippen LogP contribution >= 0.6 is 0 Å². The molecule has 6 nitrogen and oxygen atoms in total. The predicted octanol–water partition coefficient (Wildman–Crippen LogP) is 1.84. The first-order valence-corrected chi connectivity index (χ1v) is 7.91. The fourth-order valence-corrected chi connectivity index (χ4v) is 3.38. The number of rotatable bonds is 5. The van der Waals surface area contributed by atoms with Crippen LogP contribution < -0.4 is 5.32 Å². The first-order valence-electron chi connectivity index (χ1n) is 7.91. The monoisotopic (exact) mass is 298 g/mol. The molecule has 1 saturated carbocycles. The lowest BCUT2D eigenvalue weighted by molar-refractivity contribution is -0.141. The van der Waals surface area contributed by atoms with E-state index in [0.29, 0.717) is 19.7 Å². The average Bonchev–Trinajstić information content (AvgIpc) is 2.94. The molecule has 1 unspecified atom stereocenters. The van der Waals surface area contributed by atoms with E-state index in [1.54, 1.807) is 4.90 Å². The summed E-state index contributed by atoms with van der Waals surface area (Å²) in [5, 5.41) is 11.8. The predicted molar refractivity (Wildman–Crippen MR) is 78.2 cm³/mol. The van der Waals surface area contributed by atoms with E-state index in [1.165, 1.54) is 25.7 Å². The maximum Gasteiger partial charge on any atom is 0.317 e. The van der Waals surface area contributed by atoms with Crippen molar-refractivity contribution in [3.05, 3.63) is 0 Å². The maximum absolute atomic E-state index is 12.3. The van der Waals surface area contributed by atoms with E-state index in [2.05, 4.69) is 12.2 Å². The molecule has 2 N–H and O–H groups in total. The van der Waals surface area contributed by atoms with Gasteiger partial charge in [-0.2, -0.15) is 0 Å². The van der Waals surface area contributed by atoms with Crippen molar-refractivity contribution in [2.24, 2.45) is 5.41 Å². The van der Waals surface area contributed by atoms with Gasteiger partial charge in [0.1, 0.15) is 0 Å². The van der Waals surface area contributed by atoms with E-state index >= 15 is 0 Å². The number of urea groups is 1. The molecule has 0 aromatic rings. The number of nitrogens with zero attached hydrogens (tertiary/aromatic N) is 1. The van der Waals surface area contributed by atoms with Crippen LogP contribution in [0.25, 0.3) is 0 Å². The Labute approximate surface area is 125 Å². The Morgan fingerprint density at radius 2 is 2.10 bits per heavy atom. The Balaban J connectivity index is 1.81. The van der Waals surface area contributed by atoms with E-state index in [4.69, 9.17) is 9.84 Å². The second-order valence-corrected chi connectivity index (χ2v) is 6.26. The number of carbonyl (C=O) groups excluding carboxylic acids is 1. The van der Waals surface area contributed by atoms with Gasteiger partial charge in [0.15, 0.2) is 0 Å². The highest BCUT2D eigenvalue weighted by atomic mass is 16.5. The van der Waals surface area contributed by atoms with Crippen LogP contribution in [0.2, 0.25) is 0 Å². The number of carbonyl (C=O) groups is 2. The van der Waals surface area contributed by atoms with Gasteiger partial charge in [0.25, 0.3) is 0 Å². The largest absolute Gasteiger partial charge is 0.481 e. The molecule has 6 heteroatoms. The third kappa shape index (κ3) is 4.33. The van der Waals surface area contributed by atoms with Crippen LogP contribution in [-0.2, 0) is 9.53 Å². The SMILES string of the molecule is CCC1(CNC(=O)N2CCOC(CC(=O)O)C2)CCCC1. The zero-order chi connectivity index (χ0) is 15.3. The summed E-state index contributed by atoms with van der Waals surface area (Å²) < 4.78 is 5.39. The third-order valence-corrected chi connectivity index (χ3v) is 4.86. The second kappa shape index (κ2) is 7.11. The molecule has 2 rings (SSSR count). The Hall–Kier alpha value is -1.30. The van der Waals surface area contributed by atoms with Crippen molar-refractivity contribution < 1.29 is 19.4 Å². The first kappa shape index (κ1) is 16.1. The highest BCUT2D eigenvalue weighted by molar-refractivity contribution is 5.74. The lowest BCUT2D eigenvalue weighted by Crippen LogP contribution is -2.51. The van der Waals surface area contributed by atoms with E-state index in [-0.39, 0.29) is 17.9 Å². The summed E-state index contributed by atoms with van der Waals surface area (Å²) in [7, 11) is 0. The molecule has 2 aliphatic rings. The summed E-state index contributed by atoms with van der Waals surface area (Å²) in [5.74, 6) is -0.891. The molecule has 0 radical (unpaired) electrons.